The number of amides is 2. The third kappa shape index (κ3) is 4.21. The second kappa shape index (κ2) is 7.94. The molecule has 2 aromatic carbocycles. The molecule has 1 aliphatic rings. The van der Waals surface area contributed by atoms with Gasteiger partial charge in [0.2, 0.25) is 0 Å². The van der Waals surface area contributed by atoms with Gasteiger partial charge in [0.15, 0.2) is 6.10 Å². The SMILES string of the molecule is CC1=NN(C(=O)C(C)Oc2ccc(Cl)cc2Cl)C(=O)C1=Cc1ccccc1. The van der Waals surface area contributed by atoms with Crippen molar-refractivity contribution in [2.75, 3.05) is 0 Å². The van der Waals surface area contributed by atoms with Gasteiger partial charge in [-0.05, 0) is 43.7 Å². The van der Waals surface area contributed by atoms with Crippen molar-refractivity contribution >= 4 is 46.8 Å². The fourth-order valence-electron chi connectivity index (χ4n) is 2.53. The molecular formula is C20H16Cl2N2O3. The largest absolute Gasteiger partial charge is 0.479 e. The van der Waals surface area contributed by atoms with Crippen LogP contribution >= 0.6 is 23.2 Å². The van der Waals surface area contributed by atoms with Crippen LogP contribution in [0.15, 0.2) is 59.2 Å². The third-order valence-corrected chi connectivity index (χ3v) is 4.46. The Morgan fingerprint density at radius 3 is 2.56 bits per heavy atom. The van der Waals surface area contributed by atoms with E-state index in [0.29, 0.717) is 22.1 Å². The minimum Gasteiger partial charge on any atom is -0.479 e. The van der Waals surface area contributed by atoms with E-state index in [2.05, 4.69) is 5.10 Å². The maximum atomic E-state index is 12.7. The minimum absolute atomic E-state index is 0.277. The van der Waals surface area contributed by atoms with Crippen LogP contribution in [0.3, 0.4) is 0 Å². The average Bonchev–Trinajstić information content (AvgIpc) is 2.92. The zero-order valence-corrected chi connectivity index (χ0v) is 16.2. The number of carbonyl (C=O) groups is 2. The highest BCUT2D eigenvalue weighted by atomic mass is 35.5. The maximum Gasteiger partial charge on any atom is 0.290 e. The van der Waals surface area contributed by atoms with Gasteiger partial charge >= 0.3 is 0 Å². The first kappa shape index (κ1) is 19.1. The topological polar surface area (TPSA) is 59.0 Å². The zero-order valence-electron chi connectivity index (χ0n) is 14.6. The number of ether oxygens (including phenoxy) is 1. The Labute approximate surface area is 166 Å². The fourth-order valence-corrected chi connectivity index (χ4v) is 2.99. The van der Waals surface area contributed by atoms with E-state index in [-0.39, 0.29) is 5.02 Å². The molecule has 2 amide bonds. The maximum absolute atomic E-state index is 12.7. The van der Waals surface area contributed by atoms with E-state index in [9.17, 15) is 9.59 Å². The smallest absolute Gasteiger partial charge is 0.290 e. The molecule has 0 bridgehead atoms. The molecule has 27 heavy (non-hydrogen) atoms. The van der Waals surface area contributed by atoms with Crippen molar-refractivity contribution in [3.63, 3.8) is 0 Å². The first-order chi connectivity index (χ1) is 12.9. The number of rotatable bonds is 4. The highest BCUT2D eigenvalue weighted by Crippen LogP contribution is 2.29. The lowest BCUT2D eigenvalue weighted by Crippen LogP contribution is -2.39. The Hall–Kier alpha value is -2.63. The Morgan fingerprint density at radius 1 is 1.19 bits per heavy atom. The van der Waals surface area contributed by atoms with Crippen LogP contribution in [0.25, 0.3) is 6.08 Å². The van der Waals surface area contributed by atoms with E-state index in [1.165, 1.54) is 13.0 Å². The molecule has 0 fully saturated rings. The van der Waals surface area contributed by atoms with Crippen molar-refractivity contribution in [3.05, 3.63) is 69.7 Å². The Bertz CT molecular complexity index is 955. The van der Waals surface area contributed by atoms with Gasteiger partial charge in [0.25, 0.3) is 11.8 Å². The van der Waals surface area contributed by atoms with Gasteiger partial charge < -0.3 is 4.74 Å². The molecule has 0 aromatic heterocycles. The molecule has 5 nitrogen and oxygen atoms in total. The summed E-state index contributed by atoms with van der Waals surface area (Å²) in [4.78, 5) is 25.3. The molecule has 0 saturated carbocycles. The number of halogens is 2. The van der Waals surface area contributed by atoms with Crippen molar-refractivity contribution in [2.24, 2.45) is 5.10 Å². The van der Waals surface area contributed by atoms with Crippen molar-refractivity contribution < 1.29 is 14.3 Å². The van der Waals surface area contributed by atoms with Crippen LogP contribution in [0.2, 0.25) is 10.0 Å². The van der Waals surface area contributed by atoms with Crippen molar-refractivity contribution in [2.45, 2.75) is 20.0 Å². The summed E-state index contributed by atoms with van der Waals surface area (Å²) in [6, 6.07) is 14.0. The average molecular weight is 403 g/mol. The molecule has 0 spiro atoms. The summed E-state index contributed by atoms with van der Waals surface area (Å²) >= 11 is 11.9. The van der Waals surface area contributed by atoms with Crippen LogP contribution in [0.5, 0.6) is 5.75 Å². The lowest BCUT2D eigenvalue weighted by molar-refractivity contribution is -0.146. The van der Waals surface area contributed by atoms with E-state index >= 15 is 0 Å². The highest BCUT2D eigenvalue weighted by Gasteiger charge is 2.35. The van der Waals surface area contributed by atoms with Crippen LogP contribution in [-0.4, -0.2) is 28.6 Å². The summed E-state index contributed by atoms with van der Waals surface area (Å²) in [7, 11) is 0. The van der Waals surface area contributed by atoms with Gasteiger partial charge in [0.1, 0.15) is 5.75 Å². The molecule has 1 unspecified atom stereocenters. The fraction of sp³-hybridized carbons (Fsp3) is 0.150. The third-order valence-electron chi connectivity index (χ3n) is 3.93. The van der Waals surface area contributed by atoms with Gasteiger partial charge in [-0.3, -0.25) is 9.59 Å². The molecule has 3 rings (SSSR count). The Kier molecular flexibility index (Phi) is 5.63. The van der Waals surface area contributed by atoms with Gasteiger partial charge in [-0.1, -0.05) is 53.5 Å². The van der Waals surface area contributed by atoms with E-state index in [4.69, 9.17) is 27.9 Å². The zero-order chi connectivity index (χ0) is 19.6. The van der Waals surface area contributed by atoms with Crippen molar-refractivity contribution in [3.8, 4) is 5.75 Å². The van der Waals surface area contributed by atoms with Crippen molar-refractivity contribution in [1.29, 1.82) is 0 Å². The van der Waals surface area contributed by atoms with E-state index in [1.54, 1.807) is 25.1 Å². The summed E-state index contributed by atoms with van der Waals surface area (Å²) in [5, 5.41) is 5.66. The molecular weight excluding hydrogens is 387 g/mol. The Morgan fingerprint density at radius 2 is 1.89 bits per heavy atom. The molecule has 7 heteroatoms. The van der Waals surface area contributed by atoms with E-state index in [0.717, 1.165) is 10.6 Å². The lowest BCUT2D eigenvalue weighted by Gasteiger charge is -2.18. The molecule has 1 aliphatic heterocycles. The van der Waals surface area contributed by atoms with Crippen LogP contribution in [0, 0.1) is 0 Å². The van der Waals surface area contributed by atoms with Crippen LogP contribution in [0.1, 0.15) is 19.4 Å². The lowest BCUT2D eigenvalue weighted by atomic mass is 10.1. The van der Waals surface area contributed by atoms with Crippen LogP contribution in [-0.2, 0) is 9.59 Å². The molecule has 1 atom stereocenters. The molecule has 0 saturated heterocycles. The first-order valence-corrected chi connectivity index (χ1v) is 8.94. The summed E-state index contributed by atoms with van der Waals surface area (Å²) in [6.07, 6.45) is 0.746. The van der Waals surface area contributed by atoms with Gasteiger partial charge in [0, 0.05) is 5.02 Å². The molecule has 0 radical (unpaired) electrons. The number of nitrogens with zero attached hydrogens (tertiary/aromatic N) is 2. The van der Waals surface area contributed by atoms with Crippen LogP contribution < -0.4 is 4.74 Å². The second-order valence-corrected chi connectivity index (χ2v) is 6.79. The number of carbonyl (C=O) groups excluding carboxylic acids is 2. The number of hydrogen-bond acceptors (Lipinski definition) is 4. The predicted molar refractivity (Wildman–Crippen MR) is 106 cm³/mol. The molecule has 138 valence electrons. The second-order valence-electron chi connectivity index (χ2n) is 5.94. The highest BCUT2D eigenvalue weighted by molar-refractivity contribution is 6.35. The summed E-state index contributed by atoms with van der Waals surface area (Å²) in [5.41, 5.74) is 1.68. The molecule has 2 aromatic rings. The minimum atomic E-state index is -0.958. The van der Waals surface area contributed by atoms with Crippen molar-refractivity contribution in [1.82, 2.24) is 5.01 Å². The van der Waals surface area contributed by atoms with Gasteiger partial charge in [-0.2, -0.15) is 10.1 Å². The number of benzene rings is 2. The summed E-state index contributed by atoms with van der Waals surface area (Å²) in [6.45, 7) is 3.21. The van der Waals surface area contributed by atoms with E-state index < -0.39 is 17.9 Å². The van der Waals surface area contributed by atoms with E-state index in [1.807, 2.05) is 30.3 Å². The molecule has 0 aliphatic carbocycles. The standard InChI is InChI=1S/C20H16Cl2N2O3/c1-12-16(10-14-6-4-3-5-7-14)20(26)24(23-12)19(25)13(2)27-18-9-8-15(21)11-17(18)22/h3-11,13H,1-2H3. The molecule has 1 heterocycles. The number of hydrogen-bond donors (Lipinski definition) is 0. The van der Waals surface area contributed by atoms with Gasteiger partial charge in [-0.25, -0.2) is 0 Å². The van der Waals surface area contributed by atoms with Crippen LogP contribution in [0.4, 0.5) is 0 Å². The van der Waals surface area contributed by atoms with Gasteiger partial charge in [0.05, 0.1) is 16.3 Å². The molecule has 0 N–H and O–H groups in total. The normalized spacial score (nSPS) is 16.4. The Balaban J connectivity index is 1.77. The predicted octanol–water partition coefficient (Wildman–Crippen LogP) is 4.59. The number of hydrazone groups is 1. The monoisotopic (exact) mass is 402 g/mol. The number of imide groups is 1. The summed E-state index contributed by atoms with van der Waals surface area (Å²) in [5.74, 6) is -0.768. The quantitative estimate of drug-likeness (QED) is 0.702. The van der Waals surface area contributed by atoms with Gasteiger partial charge in [-0.15, -0.1) is 0 Å². The first-order valence-electron chi connectivity index (χ1n) is 8.19. The summed E-state index contributed by atoms with van der Waals surface area (Å²) < 4.78 is 5.59.